The molecule has 0 bridgehead atoms. The van der Waals surface area contributed by atoms with Crippen molar-refractivity contribution >= 4 is 5.91 Å². The lowest BCUT2D eigenvalue weighted by atomic mass is 10.2. The van der Waals surface area contributed by atoms with Gasteiger partial charge in [0, 0.05) is 18.7 Å². The fourth-order valence-electron chi connectivity index (χ4n) is 2.38. The van der Waals surface area contributed by atoms with Gasteiger partial charge < -0.3 is 14.4 Å². The summed E-state index contributed by atoms with van der Waals surface area (Å²) in [6.07, 6.45) is 0.967. The monoisotopic (exact) mass is 331 g/mol. The second-order valence-corrected chi connectivity index (χ2v) is 5.51. The van der Waals surface area contributed by atoms with E-state index in [1.54, 1.807) is 4.90 Å². The number of hydrogen-bond donors (Lipinski definition) is 0. The Kier molecular flexibility index (Phi) is 5.37. The molecule has 2 heterocycles. The van der Waals surface area contributed by atoms with Gasteiger partial charge >= 0.3 is 0 Å². The Hall–Kier alpha value is -2.48. The number of tetrazole rings is 1. The van der Waals surface area contributed by atoms with Crippen LogP contribution in [-0.2, 0) is 16.1 Å². The van der Waals surface area contributed by atoms with E-state index in [9.17, 15) is 4.79 Å². The minimum Gasteiger partial charge on any atom is -0.494 e. The Bertz CT molecular complexity index is 665. The number of carbonyl (C=O) groups is 1. The molecule has 8 heteroatoms. The third kappa shape index (κ3) is 4.08. The van der Waals surface area contributed by atoms with Crippen LogP contribution in [0, 0.1) is 0 Å². The third-order valence-corrected chi connectivity index (χ3v) is 3.68. The van der Waals surface area contributed by atoms with Crippen molar-refractivity contribution in [1.82, 2.24) is 25.1 Å². The molecule has 128 valence electrons. The predicted octanol–water partition coefficient (Wildman–Crippen LogP) is 0.988. The quantitative estimate of drug-likeness (QED) is 0.785. The molecule has 1 fully saturated rings. The van der Waals surface area contributed by atoms with E-state index in [1.165, 1.54) is 4.80 Å². The molecule has 0 spiro atoms. The first-order valence-electron chi connectivity index (χ1n) is 8.13. The van der Waals surface area contributed by atoms with Gasteiger partial charge in [-0.05, 0) is 35.9 Å². The summed E-state index contributed by atoms with van der Waals surface area (Å²) < 4.78 is 10.8. The minimum atomic E-state index is -0.0226. The number of carbonyl (C=O) groups excluding carboxylic acids is 1. The highest BCUT2D eigenvalue weighted by Gasteiger charge is 2.18. The molecule has 24 heavy (non-hydrogen) atoms. The first kappa shape index (κ1) is 16.4. The number of rotatable bonds is 6. The van der Waals surface area contributed by atoms with Crippen LogP contribution < -0.4 is 4.74 Å². The molecule has 3 rings (SSSR count). The molecule has 0 saturated carbocycles. The highest BCUT2D eigenvalue weighted by atomic mass is 16.5. The molecule has 1 aromatic heterocycles. The lowest BCUT2D eigenvalue weighted by Gasteiger charge is -2.26. The molecule has 0 N–H and O–H groups in total. The summed E-state index contributed by atoms with van der Waals surface area (Å²) in [4.78, 5) is 15.3. The fourth-order valence-corrected chi connectivity index (χ4v) is 2.38. The Labute approximate surface area is 140 Å². The van der Waals surface area contributed by atoms with Crippen LogP contribution in [0.4, 0.5) is 0 Å². The lowest BCUT2D eigenvalue weighted by Crippen LogP contribution is -2.42. The molecule has 0 radical (unpaired) electrons. The van der Waals surface area contributed by atoms with Crippen LogP contribution in [0.5, 0.6) is 5.75 Å². The van der Waals surface area contributed by atoms with Crippen molar-refractivity contribution < 1.29 is 14.3 Å². The van der Waals surface area contributed by atoms with Gasteiger partial charge in [-0.2, -0.15) is 4.80 Å². The van der Waals surface area contributed by atoms with E-state index < -0.39 is 0 Å². The fraction of sp³-hybridized carbons (Fsp3) is 0.500. The van der Waals surface area contributed by atoms with Crippen LogP contribution in [0.25, 0.3) is 11.4 Å². The van der Waals surface area contributed by atoms with E-state index in [2.05, 4.69) is 22.3 Å². The van der Waals surface area contributed by atoms with Crippen molar-refractivity contribution in [3.8, 4) is 17.1 Å². The van der Waals surface area contributed by atoms with Crippen LogP contribution in [-0.4, -0.2) is 63.9 Å². The number of nitrogens with zero attached hydrogens (tertiary/aromatic N) is 5. The first-order chi connectivity index (χ1) is 11.8. The Morgan fingerprint density at radius 3 is 2.71 bits per heavy atom. The number of benzene rings is 1. The first-order valence-corrected chi connectivity index (χ1v) is 8.13. The van der Waals surface area contributed by atoms with Crippen molar-refractivity contribution in [1.29, 1.82) is 0 Å². The van der Waals surface area contributed by atoms with Crippen molar-refractivity contribution in [2.24, 2.45) is 0 Å². The largest absolute Gasteiger partial charge is 0.494 e. The maximum absolute atomic E-state index is 12.2. The van der Waals surface area contributed by atoms with Crippen LogP contribution in [0.1, 0.15) is 13.3 Å². The number of hydrogen-bond acceptors (Lipinski definition) is 6. The highest BCUT2D eigenvalue weighted by Crippen LogP contribution is 2.18. The summed E-state index contributed by atoms with van der Waals surface area (Å²) in [7, 11) is 0. The minimum absolute atomic E-state index is 0.0226. The Morgan fingerprint density at radius 2 is 2.00 bits per heavy atom. The molecule has 0 unspecified atom stereocenters. The molecule has 0 aliphatic carbocycles. The molecule has 1 aromatic carbocycles. The number of aromatic nitrogens is 4. The lowest BCUT2D eigenvalue weighted by molar-refractivity contribution is -0.136. The van der Waals surface area contributed by atoms with Gasteiger partial charge in [-0.15, -0.1) is 10.2 Å². The van der Waals surface area contributed by atoms with Crippen molar-refractivity contribution in [3.63, 3.8) is 0 Å². The zero-order valence-corrected chi connectivity index (χ0v) is 13.7. The molecule has 2 aromatic rings. The summed E-state index contributed by atoms with van der Waals surface area (Å²) in [5.74, 6) is 1.29. The summed E-state index contributed by atoms with van der Waals surface area (Å²) in [5, 5.41) is 12.3. The molecule has 8 nitrogen and oxygen atoms in total. The summed E-state index contributed by atoms with van der Waals surface area (Å²) >= 11 is 0. The van der Waals surface area contributed by atoms with Crippen LogP contribution >= 0.6 is 0 Å². The van der Waals surface area contributed by atoms with E-state index in [-0.39, 0.29) is 12.5 Å². The summed E-state index contributed by atoms with van der Waals surface area (Å²) in [5.41, 5.74) is 0.837. The maximum atomic E-state index is 12.2. The van der Waals surface area contributed by atoms with E-state index in [4.69, 9.17) is 9.47 Å². The zero-order valence-electron chi connectivity index (χ0n) is 13.7. The average molecular weight is 331 g/mol. The van der Waals surface area contributed by atoms with Crippen LogP contribution in [0.15, 0.2) is 24.3 Å². The van der Waals surface area contributed by atoms with Gasteiger partial charge in [0.15, 0.2) is 0 Å². The van der Waals surface area contributed by atoms with Crippen LogP contribution in [0.3, 0.4) is 0 Å². The summed E-state index contributed by atoms with van der Waals surface area (Å²) in [6, 6.07) is 7.53. The Balaban J connectivity index is 1.61. The van der Waals surface area contributed by atoms with Gasteiger partial charge in [0.1, 0.15) is 12.3 Å². The molecular formula is C16H21N5O3. The van der Waals surface area contributed by atoms with Gasteiger partial charge in [-0.1, -0.05) is 6.92 Å². The number of ether oxygens (including phenoxy) is 2. The molecule has 1 amide bonds. The molecule has 0 atom stereocenters. The van der Waals surface area contributed by atoms with Crippen molar-refractivity contribution in [2.45, 2.75) is 19.9 Å². The second-order valence-electron chi connectivity index (χ2n) is 5.51. The van der Waals surface area contributed by atoms with Gasteiger partial charge in [-0.25, -0.2) is 0 Å². The standard InChI is InChI=1S/C16H21N5O3/c1-2-9-24-14-5-3-13(4-6-14)16-17-19-21(18-16)12-15(22)20-7-10-23-11-8-20/h3-6H,2,7-12H2,1H3. The summed E-state index contributed by atoms with van der Waals surface area (Å²) in [6.45, 7) is 5.22. The highest BCUT2D eigenvalue weighted by molar-refractivity contribution is 5.75. The number of amides is 1. The molecule has 1 aliphatic rings. The SMILES string of the molecule is CCCOc1ccc(-c2nnn(CC(=O)N3CCOCC3)n2)cc1. The molecule has 1 saturated heterocycles. The van der Waals surface area contributed by atoms with Crippen molar-refractivity contribution in [3.05, 3.63) is 24.3 Å². The maximum Gasteiger partial charge on any atom is 0.246 e. The van der Waals surface area contributed by atoms with Gasteiger partial charge in [0.05, 0.1) is 19.8 Å². The average Bonchev–Trinajstić information content (AvgIpc) is 3.09. The van der Waals surface area contributed by atoms with Gasteiger partial charge in [0.2, 0.25) is 11.7 Å². The third-order valence-electron chi connectivity index (χ3n) is 3.68. The van der Waals surface area contributed by atoms with E-state index >= 15 is 0 Å². The smallest absolute Gasteiger partial charge is 0.246 e. The topological polar surface area (TPSA) is 82.4 Å². The van der Waals surface area contributed by atoms with Crippen molar-refractivity contribution in [2.75, 3.05) is 32.9 Å². The van der Waals surface area contributed by atoms with E-state index in [0.29, 0.717) is 38.7 Å². The van der Waals surface area contributed by atoms with Gasteiger partial charge in [0.25, 0.3) is 0 Å². The number of morpholine rings is 1. The Morgan fingerprint density at radius 1 is 1.25 bits per heavy atom. The van der Waals surface area contributed by atoms with E-state index in [1.807, 2.05) is 24.3 Å². The van der Waals surface area contributed by atoms with Gasteiger partial charge in [-0.3, -0.25) is 4.79 Å². The molecular weight excluding hydrogens is 310 g/mol. The second kappa shape index (κ2) is 7.87. The van der Waals surface area contributed by atoms with Crippen LogP contribution in [0.2, 0.25) is 0 Å². The normalized spacial score (nSPS) is 14.6. The van der Waals surface area contributed by atoms with E-state index in [0.717, 1.165) is 17.7 Å². The zero-order chi connectivity index (χ0) is 16.8. The predicted molar refractivity (Wildman–Crippen MR) is 86.4 cm³/mol. The molecule has 1 aliphatic heterocycles.